The van der Waals surface area contributed by atoms with Crippen LogP contribution in [0.15, 0.2) is 101 Å². The van der Waals surface area contributed by atoms with Gasteiger partial charge in [0, 0.05) is 12.1 Å². The second-order valence-corrected chi connectivity index (χ2v) is 8.35. The molecule has 5 rings (SSSR count). The molecule has 1 N–H and O–H groups in total. The van der Waals surface area contributed by atoms with Gasteiger partial charge in [-0.2, -0.15) is 5.10 Å². The summed E-state index contributed by atoms with van der Waals surface area (Å²) in [5.74, 6) is 0. The number of aromatic nitrogens is 4. The van der Waals surface area contributed by atoms with E-state index in [0.29, 0.717) is 21.9 Å². The van der Waals surface area contributed by atoms with Gasteiger partial charge in [-0.25, -0.2) is 9.67 Å². The monoisotopic (exact) mass is 455 g/mol. The molecule has 3 aromatic carbocycles. The van der Waals surface area contributed by atoms with Crippen molar-refractivity contribution in [2.45, 2.75) is 10.4 Å². The topological polar surface area (TPSA) is 107 Å². The number of nitrogens with one attached hydrogen (secondary N) is 1. The summed E-state index contributed by atoms with van der Waals surface area (Å²) >= 11 is 1.44. The molecule has 0 aliphatic carbocycles. The molecule has 0 bridgehead atoms. The van der Waals surface area contributed by atoms with E-state index in [2.05, 4.69) is 10.1 Å². The maximum Gasteiger partial charge on any atom is 0.269 e. The van der Waals surface area contributed by atoms with Crippen LogP contribution in [-0.2, 0) is 0 Å². The molecule has 0 unspecified atom stereocenters. The van der Waals surface area contributed by atoms with Crippen molar-refractivity contribution in [3.63, 3.8) is 0 Å². The van der Waals surface area contributed by atoms with Crippen molar-refractivity contribution >= 4 is 28.5 Å². The van der Waals surface area contributed by atoms with Crippen LogP contribution >= 0.6 is 11.8 Å². The Kier molecular flexibility index (Phi) is 5.45. The molecule has 0 fully saturated rings. The third-order valence-electron chi connectivity index (χ3n) is 5.16. The van der Waals surface area contributed by atoms with Crippen molar-refractivity contribution in [3.8, 4) is 5.69 Å². The van der Waals surface area contributed by atoms with Gasteiger partial charge in [-0.15, -0.1) is 0 Å². The minimum atomic E-state index is -0.462. The van der Waals surface area contributed by atoms with E-state index in [9.17, 15) is 14.9 Å². The normalized spacial score (nSPS) is 11.2. The first kappa shape index (κ1) is 20.7. The predicted molar refractivity (Wildman–Crippen MR) is 127 cm³/mol. The number of non-ortho nitro benzene ring substituents is 1. The molecular weight excluding hydrogens is 438 g/mol. The third-order valence-corrected chi connectivity index (χ3v) is 6.35. The number of fused-ring (bicyclic) bond motifs is 1. The molecule has 2 aromatic heterocycles. The number of nitro groups is 1. The average Bonchev–Trinajstić information content (AvgIpc) is 3.28. The summed E-state index contributed by atoms with van der Waals surface area (Å²) in [4.78, 5) is 30.8. The molecule has 2 heterocycles. The maximum absolute atomic E-state index is 12.8. The zero-order chi connectivity index (χ0) is 22.8. The Labute approximate surface area is 192 Å². The van der Waals surface area contributed by atoms with E-state index in [1.165, 1.54) is 34.8 Å². The number of thioether (sulfide) groups is 1. The van der Waals surface area contributed by atoms with Crippen molar-refractivity contribution in [1.29, 1.82) is 0 Å². The Morgan fingerprint density at radius 1 is 0.909 bits per heavy atom. The standard InChI is InChI=1S/C24H17N5O3S/c30-23-20-15-25-28(18-11-13-19(14-12-18)29(31)32)22(20)26-24(27-23)33-21(16-7-3-1-4-8-16)17-9-5-2-6-10-17/h1-15,21H,(H,26,27,30). The van der Waals surface area contributed by atoms with Gasteiger partial charge in [-0.1, -0.05) is 72.4 Å². The smallest absolute Gasteiger partial charge is 0.269 e. The van der Waals surface area contributed by atoms with Gasteiger partial charge in [0.15, 0.2) is 10.8 Å². The fourth-order valence-electron chi connectivity index (χ4n) is 3.55. The average molecular weight is 455 g/mol. The molecule has 0 spiro atoms. The Hall–Kier alpha value is -4.24. The molecule has 0 aliphatic rings. The first-order valence-corrected chi connectivity index (χ1v) is 11.0. The zero-order valence-electron chi connectivity index (χ0n) is 17.2. The van der Waals surface area contributed by atoms with E-state index in [0.717, 1.165) is 11.1 Å². The molecule has 9 heteroatoms. The number of nitro benzene ring substituents is 1. The number of H-pyrrole nitrogens is 1. The number of nitrogens with zero attached hydrogens (tertiary/aromatic N) is 4. The summed E-state index contributed by atoms with van der Waals surface area (Å²) in [6.07, 6.45) is 1.45. The van der Waals surface area contributed by atoms with Crippen LogP contribution in [0.3, 0.4) is 0 Å². The highest BCUT2D eigenvalue weighted by molar-refractivity contribution is 7.99. The third kappa shape index (κ3) is 4.13. The molecule has 33 heavy (non-hydrogen) atoms. The lowest BCUT2D eigenvalue weighted by Crippen LogP contribution is -2.11. The van der Waals surface area contributed by atoms with Gasteiger partial charge in [0.2, 0.25) is 0 Å². The van der Waals surface area contributed by atoms with Crippen LogP contribution in [0.1, 0.15) is 16.4 Å². The lowest BCUT2D eigenvalue weighted by molar-refractivity contribution is -0.384. The fraction of sp³-hybridized carbons (Fsp3) is 0.0417. The van der Waals surface area contributed by atoms with Gasteiger partial charge in [0.05, 0.1) is 22.1 Å². The predicted octanol–water partition coefficient (Wildman–Crippen LogP) is 4.90. The molecular formula is C24H17N5O3S. The van der Waals surface area contributed by atoms with Gasteiger partial charge in [0.25, 0.3) is 11.2 Å². The van der Waals surface area contributed by atoms with Crippen LogP contribution in [0.25, 0.3) is 16.7 Å². The summed E-state index contributed by atoms with van der Waals surface area (Å²) in [5.41, 5.74) is 2.81. The molecule has 0 saturated carbocycles. The summed E-state index contributed by atoms with van der Waals surface area (Å²) in [7, 11) is 0. The maximum atomic E-state index is 12.8. The van der Waals surface area contributed by atoms with Crippen LogP contribution < -0.4 is 5.56 Å². The van der Waals surface area contributed by atoms with Crippen LogP contribution in [0.2, 0.25) is 0 Å². The minimum absolute atomic E-state index is 0.0224. The summed E-state index contributed by atoms with van der Waals surface area (Å²) in [6.45, 7) is 0. The Morgan fingerprint density at radius 3 is 2.09 bits per heavy atom. The highest BCUT2D eigenvalue weighted by Gasteiger charge is 2.19. The van der Waals surface area contributed by atoms with Crippen molar-refractivity contribution in [3.05, 3.63) is 123 Å². The Balaban J connectivity index is 1.57. The Bertz CT molecular complexity index is 1440. The molecule has 0 atom stereocenters. The lowest BCUT2D eigenvalue weighted by atomic mass is 10.0. The van der Waals surface area contributed by atoms with Crippen LogP contribution in [0, 0.1) is 10.1 Å². The van der Waals surface area contributed by atoms with Gasteiger partial charge in [-0.05, 0) is 23.3 Å². The van der Waals surface area contributed by atoms with E-state index in [4.69, 9.17) is 4.98 Å². The van der Waals surface area contributed by atoms with Gasteiger partial charge >= 0.3 is 0 Å². The number of hydrogen-bond acceptors (Lipinski definition) is 6. The first-order valence-electron chi connectivity index (χ1n) is 10.1. The lowest BCUT2D eigenvalue weighted by Gasteiger charge is -2.17. The molecule has 0 aliphatic heterocycles. The highest BCUT2D eigenvalue weighted by atomic mass is 32.2. The van der Waals surface area contributed by atoms with E-state index in [1.54, 1.807) is 12.1 Å². The molecule has 0 amide bonds. The summed E-state index contributed by atoms with van der Waals surface area (Å²) < 4.78 is 1.51. The van der Waals surface area contributed by atoms with Crippen molar-refractivity contribution in [1.82, 2.24) is 19.7 Å². The molecule has 8 nitrogen and oxygen atoms in total. The number of rotatable bonds is 6. The quantitative estimate of drug-likeness (QED) is 0.169. The second-order valence-electron chi connectivity index (χ2n) is 7.26. The van der Waals surface area contributed by atoms with Crippen molar-refractivity contribution in [2.75, 3.05) is 0 Å². The summed E-state index contributed by atoms with van der Waals surface area (Å²) in [5, 5.41) is 16.0. The van der Waals surface area contributed by atoms with Crippen LogP contribution in [0.5, 0.6) is 0 Å². The highest BCUT2D eigenvalue weighted by Crippen LogP contribution is 2.38. The van der Waals surface area contributed by atoms with E-state index >= 15 is 0 Å². The van der Waals surface area contributed by atoms with Gasteiger partial charge in [-0.3, -0.25) is 14.9 Å². The summed E-state index contributed by atoms with van der Waals surface area (Å²) in [6, 6.07) is 26.0. The van der Waals surface area contributed by atoms with Crippen LogP contribution in [0.4, 0.5) is 5.69 Å². The second kappa shape index (κ2) is 8.71. The van der Waals surface area contributed by atoms with Gasteiger partial charge < -0.3 is 4.98 Å². The molecule has 0 radical (unpaired) electrons. The first-order chi connectivity index (χ1) is 16.1. The van der Waals surface area contributed by atoms with Crippen LogP contribution in [-0.4, -0.2) is 24.7 Å². The van der Waals surface area contributed by atoms with Crippen molar-refractivity contribution in [2.24, 2.45) is 0 Å². The SMILES string of the molecule is O=c1[nH]c(SC(c2ccccc2)c2ccccc2)nc2c1cnn2-c1ccc([N+](=O)[O-])cc1. The molecule has 162 valence electrons. The van der Waals surface area contributed by atoms with E-state index < -0.39 is 4.92 Å². The van der Waals surface area contributed by atoms with E-state index in [-0.39, 0.29) is 16.5 Å². The molecule has 5 aromatic rings. The molecule has 0 saturated heterocycles. The van der Waals surface area contributed by atoms with Gasteiger partial charge in [0.1, 0.15) is 5.39 Å². The fourth-order valence-corrected chi connectivity index (χ4v) is 4.65. The van der Waals surface area contributed by atoms with Crippen molar-refractivity contribution < 1.29 is 4.92 Å². The number of hydrogen-bond donors (Lipinski definition) is 1. The zero-order valence-corrected chi connectivity index (χ0v) is 18.0. The number of aromatic amines is 1. The largest absolute Gasteiger partial charge is 0.301 e. The number of benzene rings is 3. The van der Waals surface area contributed by atoms with E-state index in [1.807, 2.05) is 60.7 Å². The Morgan fingerprint density at radius 2 is 1.52 bits per heavy atom. The minimum Gasteiger partial charge on any atom is -0.301 e.